The number of methoxy groups -OCH3 is 1. The number of likely N-dealkylation sites (N-methyl/N-ethyl adjacent to an activating group) is 1. The monoisotopic (exact) mass is 472 g/mol. The summed E-state index contributed by atoms with van der Waals surface area (Å²) >= 11 is 0. The molecule has 0 bridgehead atoms. The number of amides is 3. The van der Waals surface area contributed by atoms with Crippen LogP contribution in [0.25, 0.3) is 0 Å². The summed E-state index contributed by atoms with van der Waals surface area (Å²) in [7, 11) is 3.31. The molecule has 0 unspecified atom stereocenters. The Morgan fingerprint density at radius 1 is 1.44 bits per heavy atom. The first-order valence-corrected chi connectivity index (χ1v) is 11.9. The lowest BCUT2D eigenvalue weighted by molar-refractivity contribution is 0.0351. The highest BCUT2D eigenvalue weighted by Gasteiger charge is 2.35. The molecular formula is C25H36N4O5. The van der Waals surface area contributed by atoms with Crippen molar-refractivity contribution in [2.24, 2.45) is 5.92 Å². The topological polar surface area (TPSA) is 104 Å². The lowest BCUT2D eigenvalue weighted by Gasteiger charge is -2.37. The number of fused-ring (bicyclic) bond motifs is 1. The number of hydrogen-bond donors (Lipinski definition) is 2. The van der Waals surface area contributed by atoms with Crippen LogP contribution in [0.2, 0.25) is 0 Å². The fraction of sp³-hybridized carbons (Fsp3) is 0.640. The molecule has 2 heterocycles. The maximum atomic E-state index is 13.4. The van der Waals surface area contributed by atoms with Gasteiger partial charge >= 0.3 is 6.03 Å². The van der Waals surface area contributed by atoms with Gasteiger partial charge in [-0.15, -0.1) is 0 Å². The minimum absolute atomic E-state index is 0.101. The number of carbonyl (C=O) groups excluding carboxylic acids is 2. The molecule has 1 saturated carbocycles. The third-order valence-electron chi connectivity index (χ3n) is 6.45. The SMILES string of the molecule is COCC#Cc1cnc2c(c1)C(=O)N([C@H](C)CO)C[C@H](C)[C@H](CN(C)C(=O)NC1CCCC1)O2. The van der Waals surface area contributed by atoms with Crippen molar-refractivity contribution in [1.82, 2.24) is 20.1 Å². The number of urea groups is 1. The van der Waals surface area contributed by atoms with Crippen molar-refractivity contribution >= 4 is 11.9 Å². The van der Waals surface area contributed by atoms with E-state index in [9.17, 15) is 14.7 Å². The number of rotatable bonds is 6. The summed E-state index contributed by atoms with van der Waals surface area (Å²) in [5, 5.41) is 12.9. The van der Waals surface area contributed by atoms with Gasteiger partial charge < -0.3 is 29.7 Å². The highest BCUT2D eigenvalue weighted by atomic mass is 16.5. The van der Waals surface area contributed by atoms with Crippen LogP contribution in [0, 0.1) is 17.8 Å². The van der Waals surface area contributed by atoms with E-state index >= 15 is 0 Å². The molecule has 0 spiro atoms. The third-order valence-corrected chi connectivity index (χ3v) is 6.45. The fourth-order valence-corrected chi connectivity index (χ4v) is 4.31. The average molecular weight is 473 g/mol. The number of aromatic nitrogens is 1. The minimum atomic E-state index is -0.391. The molecule has 3 rings (SSSR count). The van der Waals surface area contributed by atoms with Crippen LogP contribution in [0.5, 0.6) is 5.88 Å². The smallest absolute Gasteiger partial charge is 0.317 e. The molecule has 0 radical (unpaired) electrons. The molecule has 34 heavy (non-hydrogen) atoms. The molecule has 3 amide bonds. The summed E-state index contributed by atoms with van der Waals surface area (Å²) in [6, 6.07) is 1.38. The van der Waals surface area contributed by atoms with Crippen LogP contribution >= 0.6 is 0 Å². The first-order valence-electron chi connectivity index (χ1n) is 11.9. The second-order valence-electron chi connectivity index (χ2n) is 9.25. The average Bonchev–Trinajstić information content (AvgIpc) is 3.34. The van der Waals surface area contributed by atoms with Crippen molar-refractivity contribution in [2.75, 3.05) is 40.5 Å². The Kier molecular flexibility index (Phi) is 9.13. The Morgan fingerprint density at radius 3 is 2.85 bits per heavy atom. The molecule has 0 aromatic carbocycles. The predicted molar refractivity (Wildman–Crippen MR) is 128 cm³/mol. The molecule has 2 aliphatic rings. The number of ether oxygens (including phenoxy) is 2. The Bertz CT molecular complexity index is 922. The van der Waals surface area contributed by atoms with Gasteiger partial charge in [0.15, 0.2) is 0 Å². The van der Waals surface area contributed by atoms with E-state index in [-0.39, 0.29) is 49.0 Å². The summed E-state index contributed by atoms with van der Waals surface area (Å²) in [4.78, 5) is 33.8. The lowest BCUT2D eigenvalue weighted by Crippen LogP contribution is -2.52. The number of hydrogen-bond acceptors (Lipinski definition) is 6. The summed E-state index contributed by atoms with van der Waals surface area (Å²) in [6.07, 6.45) is 5.49. The van der Waals surface area contributed by atoms with Crippen molar-refractivity contribution in [2.45, 2.75) is 57.7 Å². The highest BCUT2D eigenvalue weighted by molar-refractivity contribution is 5.97. The maximum absolute atomic E-state index is 13.4. The normalized spacial score (nSPS) is 21.4. The Hall–Kier alpha value is -2.83. The number of carbonyl (C=O) groups is 2. The van der Waals surface area contributed by atoms with Gasteiger partial charge in [0.25, 0.3) is 5.91 Å². The Morgan fingerprint density at radius 2 is 2.18 bits per heavy atom. The van der Waals surface area contributed by atoms with Gasteiger partial charge in [-0.05, 0) is 25.8 Å². The maximum Gasteiger partial charge on any atom is 0.317 e. The molecule has 9 nitrogen and oxygen atoms in total. The van der Waals surface area contributed by atoms with Crippen molar-refractivity contribution in [3.63, 3.8) is 0 Å². The fourth-order valence-electron chi connectivity index (χ4n) is 4.31. The quantitative estimate of drug-likeness (QED) is 0.613. The van der Waals surface area contributed by atoms with Crippen LogP contribution in [-0.2, 0) is 4.74 Å². The lowest BCUT2D eigenvalue weighted by atomic mass is 10.00. The Balaban J connectivity index is 1.85. The van der Waals surface area contributed by atoms with Crippen molar-refractivity contribution in [1.29, 1.82) is 0 Å². The van der Waals surface area contributed by atoms with Crippen LogP contribution in [0.3, 0.4) is 0 Å². The summed E-state index contributed by atoms with van der Waals surface area (Å²) in [5.74, 6) is 5.64. The van der Waals surface area contributed by atoms with Crippen LogP contribution < -0.4 is 10.1 Å². The van der Waals surface area contributed by atoms with Gasteiger partial charge in [-0.25, -0.2) is 9.78 Å². The van der Waals surface area contributed by atoms with E-state index < -0.39 is 6.10 Å². The molecule has 9 heteroatoms. The van der Waals surface area contributed by atoms with E-state index in [4.69, 9.17) is 9.47 Å². The van der Waals surface area contributed by atoms with Crippen molar-refractivity contribution < 1.29 is 24.2 Å². The molecule has 1 aliphatic heterocycles. The first-order chi connectivity index (χ1) is 16.3. The summed E-state index contributed by atoms with van der Waals surface area (Å²) in [5.41, 5.74) is 0.863. The van der Waals surface area contributed by atoms with E-state index in [0.717, 1.165) is 25.7 Å². The van der Waals surface area contributed by atoms with Gasteiger partial charge in [-0.3, -0.25) is 4.79 Å². The standard InChI is InChI=1S/C25H36N4O5/c1-17-14-29(18(2)16-30)24(31)21-12-19(8-7-11-33-4)13-26-23(21)34-22(17)15-28(3)25(32)27-20-9-5-6-10-20/h12-13,17-18,20,22,30H,5-6,9-11,14-16H2,1-4H3,(H,27,32)/t17-,18+,22-/m0/s1. The van der Waals surface area contributed by atoms with E-state index in [1.54, 1.807) is 43.1 Å². The van der Waals surface area contributed by atoms with Gasteiger partial charge in [0.1, 0.15) is 18.3 Å². The molecule has 1 aromatic heterocycles. The summed E-state index contributed by atoms with van der Waals surface area (Å²) < 4.78 is 11.2. The van der Waals surface area contributed by atoms with Crippen LogP contribution in [0.15, 0.2) is 12.3 Å². The van der Waals surface area contributed by atoms with Crippen molar-refractivity contribution in [3.05, 3.63) is 23.4 Å². The second-order valence-corrected chi connectivity index (χ2v) is 9.25. The highest BCUT2D eigenvalue weighted by Crippen LogP contribution is 2.27. The van der Waals surface area contributed by atoms with Gasteiger partial charge in [-0.2, -0.15) is 0 Å². The number of aliphatic hydroxyl groups excluding tert-OH is 1. The molecule has 0 saturated heterocycles. The zero-order valence-electron chi connectivity index (χ0n) is 20.5. The molecule has 3 atom stereocenters. The zero-order valence-corrected chi connectivity index (χ0v) is 20.5. The van der Waals surface area contributed by atoms with Crippen LogP contribution in [0.4, 0.5) is 4.79 Å². The summed E-state index contributed by atoms with van der Waals surface area (Å²) in [6.45, 7) is 4.61. The molecule has 1 aromatic rings. The number of pyridine rings is 1. The number of nitrogens with zero attached hydrogens (tertiary/aromatic N) is 3. The van der Waals surface area contributed by atoms with Crippen molar-refractivity contribution in [3.8, 4) is 17.7 Å². The van der Waals surface area contributed by atoms with Gasteiger partial charge in [-0.1, -0.05) is 31.6 Å². The van der Waals surface area contributed by atoms with Crippen LogP contribution in [-0.4, -0.2) is 90.5 Å². The van der Waals surface area contributed by atoms with E-state index in [0.29, 0.717) is 24.2 Å². The molecule has 186 valence electrons. The largest absolute Gasteiger partial charge is 0.472 e. The number of aliphatic hydroxyl groups is 1. The predicted octanol–water partition coefficient (Wildman–Crippen LogP) is 1.88. The minimum Gasteiger partial charge on any atom is -0.472 e. The van der Waals surface area contributed by atoms with Crippen LogP contribution in [0.1, 0.15) is 55.5 Å². The zero-order chi connectivity index (χ0) is 24.7. The van der Waals surface area contributed by atoms with E-state index in [2.05, 4.69) is 22.1 Å². The van der Waals surface area contributed by atoms with E-state index in [1.807, 2.05) is 6.92 Å². The third kappa shape index (κ3) is 6.39. The molecule has 2 N–H and O–H groups in total. The second kappa shape index (κ2) is 12.0. The molecular weight excluding hydrogens is 436 g/mol. The van der Waals surface area contributed by atoms with E-state index in [1.165, 1.54) is 0 Å². The van der Waals surface area contributed by atoms with Gasteiger partial charge in [0, 0.05) is 44.4 Å². The van der Waals surface area contributed by atoms with Gasteiger partial charge in [0.2, 0.25) is 5.88 Å². The van der Waals surface area contributed by atoms with Gasteiger partial charge in [0.05, 0.1) is 19.2 Å². The number of nitrogens with one attached hydrogen (secondary N) is 1. The first kappa shape index (κ1) is 25.8. The molecule has 1 aliphatic carbocycles. The Labute approximate surface area is 201 Å². The molecule has 1 fully saturated rings.